The van der Waals surface area contributed by atoms with Crippen molar-refractivity contribution in [2.24, 2.45) is 4.99 Å². The number of aromatic amines is 6. The predicted molar refractivity (Wildman–Crippen MR) is 529 cm³/mol. The van der Waals surface area contributed by atoms with Crippen LogP contribution in [0.1, 0.15) is 40.4 Å². The SMILES string of the molecule is CC(=O)Cc1ccc(-c2ccnc(S(C)(=O)=O)c2-c2nn[nH]n2)cc1.CN(C)c1ccc(-c2ccnc(S(C)(=O)=O)c2-c2nn[nH]n2)cn1.CS(=O)(=O)c1nccc(-c2ccc3c(c2)C(C(F)(F)F)=NC3)c1-c1nn[nH]n1.CS(=O)(=O)c1nccc(-c2ccc3cccnc3c2)c1-c1nn[nH]n1.CS(=O)(=O)c1nccc(-c2cnc3c(c2)C=CC3)c1-c1nn[nH]n1.Cc1ccccc1-c1ccnc(S(C)(=O)=O)c1-c1nn[nH]n1. The van der Waals surface area contributed by atoms with Crippen molar-refractivity contribution in [2.45, 2.75) is 69.6 Å². The molecule has 752 valence electrons. The van der Waals surface area contributed by atoms with Gasteiger partial charge in [0.25, 0.3) is 0 Å². The minimum absolute atomic E-state index is 0.0336. The molecule has 0 amide bonds. The van der Waals surface area contributed by atoms with Crippen LogP contribution in [0.2, 0.25) is 0 Å². The summed E-state index contributed by atoms with van der Waals surface area (Å²) in [4.78, 5) is 53.8. The number of pyridine rings is 9. The van der Waals surface area contributed by atoms with E-state index in [-0.39, 0.29) is 94.1 Å². The Morgan fingerprint density at radius 3 is 1.12 bits per heavy atom. The number of Topliss-reactive ketones (excluding diaryl/α,β-unsaturated/α-hetero) is 1. The number of rotatable bonds is 21. The molecule has 2 aliphatic rings. The molecule has 148 heavy (non-hydrogen) atoms. The number of carbonyl (C=O) groups is 1. The third kappa shape index (κ3) is 23.4. The molecule has 0 spiro atoms. The number of aliphatic imine (C=N–C) groups is 1. The summed E-state index contributed by atoms with van der Waals surface area (Å²) in [5.74, 6) is 1.69. The number of ketones is 1. The van der Waals surface area contributed by atoms with Gasteiger partial charge in [-0.2, -0.15) is 44.5 Å². The van der Waals surface area contributed by atoms with Crippen molar-refractivity contribution in [1.82, 2.24) is 169 Å². The molecule has 1 aliphatic heterocycles. The summed E-state index contributed by atoms with van der Waals surface area (Å²) >= 11 is 0. The first-order valence-electron chi connectivity index (χ1n) is 43.1. The fourth-order valence-electron chi connectivity index (χ4n) is 15.5. The molecule has 57 heteroatoms. The van der Waals surface area contributed by atoms with E-state index in [0.717, 1.165) is 111 Å². The molecular formula is C91H78F3N35O13S6. The zero-order valence-electron chi connectivity index (χ0n) is 78.8. The smallest absolute Gasteiger partial charge is 0.363 e. The van der Waals surface area contributed by atoms with Crippen molar-refractivity contribution in [3.63, 3.8) is 0 Å². The second-order valence-electron chi connectivity index (χ2n) is 32.8. The van der Waals surface area contributed by atoms with Crippen LogP contribution in [0, 0.1) is 6.92 Å². The van der Waals surface area contributed by atoms with Crippen LogP contribution < -0.4 is 4.90 Å². The molecule has 1 aliphatic carbocycles. The quantitative estimate of drug-likeness (QED) is 0.0390. The van der Waals surface area contributed by atoms with Gasteiger partial charge in [-0.1, -0.05) is 91.0 Å². The molecular weight excluding hydrogens is 2040 g/mol. The summed E-state index contributed by atoms with van der Waals surface area (Å²) < 4.78 is 185. The zero-order valence-corrected chi connectivity index (χ0v) is 83.7. The molecule has 0 radical (unpaired) electrons. The molecule has 0 atom stereocenters. The average molecular weight is 2120 g/mol. The Balaban J connectivity index is 0.000000127. The predicted octanol–water partition coefficient (Wildman–Crippen LogP) is 9.27. The van der Waals surface area contributed by atoms with Gasteiger partial charge in [-0.3, -0.25) is 19.8 Å². The van der Waals surface area contributed by atoms with Gasteiger partial charge in [0.2, 0.25) is 34.9 Å². The maximum absolute atomic E-state index is 13.2. The van der Waals surface area contributed by atoms with E-state index in [2.05, 4.69) is 174 Å². The van der Waals surface area contributed by atoms with E-state index in [4.69, 9.17) is 0 Å². The maximum atomic E-state index is 13.2. The van der Waals surface area contributed by atoms with Gasteiger partial charge in [0.05, 0.1) is 51.1 Å². The van der Waals surface area contributed by atoms with E-state index in [9.17, 15) is 68.5 Å². The molecule has 4 aromatic carbocycles. The van der Waals surface area contributed by atoms with Gasteiger partial charge in [0, 0.05) is 142 Å². The minimum Gasteiger partial charge on any atom is -0.363 e. The number of halogens is 3. The first kappa shape index (κ1) is 103. The molecule has 0 saturated heterocycles. The van der Waals surface area contributed by atoms with Crippen molar-refractivity contribution in [3.05, 3.63) is 247 Å². The molecule has 48 nitrogen and oxygen atoms in total. The van der Waals surface area contributed by atoms with Crippen molar-refractivity contribution in [3.8, 4) is 135 Å². The Morgan fingerprint density at radius 1 is 0.365 bits per heavy atom. The number of aromatic nitrogens is 33. The lowest BCUT2D eigenvalue weighted by atomic mass is 9.95. The standard InChI is InChI=1S/C16H11F3N6O2S.C16H12N6O2S.C16H15N5O3S.C15H12N6O2S.C14H15N7O2S.C14H13N5O2S/c1-28(26,27)15-12(14-22-24-25-23-14)10(4-5-20-15)8-2-3-9-7-21-13(11(9)6-8)16(17,18)19;1-25(23,24)16-14(15-19-21-22-20-15)12(6-8-18-16)11-5-4-10-3-2-7-17-13(10)9-11;1-10(22)9-11-3-5-12(6-4-11)13-7-8-17-16(25(2,23)24)14(13)15-18-20-21-19-15;1-24(22,23)15-13(14-18-20-21-19-14)11(5-6-16-15)10-7-9-3-2-4-12(9)17-8-10;1-21(2)11-5-4-9(8-16-11)10-6-7-15-14(24(3,22)23)12(10)13-17-19-20-18-13;1-9-5-3-4-6-10(9)11-7-8-15-14(22(2,20)21)12(11)13-16-18-19-17-13/h2-6H,7H2,1H3,(H,22,23,24,25);2-9H,1H3,(H,19,20,21,22);3-8H,9H2,1-2H3,(H,18,19,20,21);2-3,5-8H,4H2,1H3,(H,18,19,20,21);4-8H,1-3H3,(H,17,18,19,20);3-8H,1-2H3,(H,16,17,18,19). The van der Waals surface area contributed by atoms with Crippen molar-refractivity contribution < 1.29 is 68.5 Å². The lowest BCUT2D eigenvalue weighted by molar-refractivity contribution is -0.116. The molecule has 0 saturated carbocycles. The summed E-state index contributed by atoms with van der Waals surface area (Å²) in [7, 11) is -17.8. The van der Waals surface area contributed by atoms with E-state index in [1.54, 1.807) is 55.0 Å². The highest BCUT2D eigenvalue weighted by Crippen LogP contribution is 2.44. The van der Waals surface area contributed by atoms with Crippen LogP contribution >= 0.6 is 0 Å². The second-order valence-corrected chi connectivity index (χ2v) is 44.4. The Labute approximate surface area is 838 Å². The van der Waals surface area contributed by atoms with Crippen LogP contribution in [0.5, 0.6) is 0 Å². The van der Waals surface area contributed by atoms with E-state index in [1.165, 1.54) is 62.3 Å². The van der Waals surface area contributed by atoms with Crippen molar-refractivity contribution in [1.29, 1.82) is 0 Å². The number of fused-ring (bicyclic) bond motifs is 3. The summed E-state index contributed by atoms with van der Waals surface area (Å²) in [6.45, 7) is 3.42. The number of H-pyrrole nitrogens is 6. The molecule has 15 aromatic heterocycles. The highest BCUT2D eigenvalue weighted by molar-refractivity contribution is 7.92. The fraction of sp³-hybridized carbons (Fsp3) is 0.154. The fourth-order valence-corrected chi connectivity index (χ4v) is 20.5. The number of alkyl halides is 3. The summed E-state index contributed by atoms with van der Waals surface area (Å²) in [6, 6.07) is 44.7. The number of hydrogen-bond donors (Lipinski definition) is 6. The third-order valence-electron chi connectivity index (χ3n) is 21.9. The van der Waals surface area contributed by atoms with Gasteiger partial charge >= 0.3 is 6.18 Å². The molecule has 0 unspecified atom stereocenters. The van der Waals surface area contributed by atoms with E-state index in [1.807, 2.05) is 135 Å². The van der Waals surface area contributed by atoms with Crippen molar-refractivity contribution in [2.75, 3.05) is 56.5 Å². The van der Waals surface area contributed by atoms with Crippen LogP contribution in [0.3, 0.4) is 0 Å². The van der Waals surface area contributed by atoms with Crippen LogP contribution in [0.25, 0.3) is 152 Å². The third-order valence-corrected chi connectivity index (χ3v) is 28.0. The molecule has 21 rings (SSSR count). The van der Waals surface area contributed by atoms with Crippen LogP contribution in [0.15, 0.2) is 249 Å². The summed E-state index contributed by atoms with van der Waals surface area (Å²) in [5, 5.41) is 82.1. The molecule has 6 N–H and O–H groups in total. The first-order valence-corrected chi connectivity index (χ1v) is 54.4. The molecule has 0 fully saturated rings. The molecule has 0 bridgehead atoms. The average Bonchev–Trinajstić information content (AvgIpc) is 1.31. The first-order chi connectivity index (χ1) is 70.5. The van der Waals surface area contributed by atoms with E-state index in [0.29, 0.717) is 73.2 Å². The van der Waals surface area contributed by atoms with Crippen LogP contribution in [-0.4, -0.2) is 288 Å². The van der Waals surface area contributed by atoms with E-state index >= 15 is 0 Å². The Hall–Kier alpha value is -17.7. The lowest BCUT2D eigenvalue weighted by Gasteiger charge is -2.13. The second kappa shape index (κ2) is 42.7. The largest absolute Gasteiger partial charge is 0.433 e. The number of aryl methyl sites for hydroxylation is 1. The number of benzene rings is 4. The van der Waals surface area contributed by atoms with Gasteiger partial charge in [0.1, 0.15) is 17.3 Å². The van der Waals surface area contributed by atoms with E-state index < -0.39 is 70.9 Å². The number of nitrogens with zero attached hydrogens (tertiary/aromatic N) is 29. The van der Waals surface area contributed by atoms with Gasteiger partial charge in [-0.05, 0) is 196 Å². The number of allylic oxidation sites excluding steroid dienone is 1. The normalized spacial score (nSPS) is 12.3. The zero-order chi connectivity index (χ0) is 105. The Morgan fingerprint density at radius 2 is 0.736 bits per heavy atom. The maximum Gasteiger partial charge on any atom is 0.433 e. The van der Waals surface area contributed by atoms with Crippen LogP contribution in [0.4, 0.5) is 19.0 Å². The Bertz CT molecular complexity index is 9010. The highest BCUT2D eigenvalue weighted by atomic mass is 32.2. The van der Waals surface area contributed by atoms with Crippen LogP contribution in [-0.2, 0) is 83.2 Å². The minimum atomic E-state index is -4.59. The number of hydrogen-bond acceptors (Lipinski definition) is 42. The van der Waals surface area contributed by atoms with Gasteiger partial charge in [0.15, 0.2) is 89.2 Å². The lowest BCUT2D eigenvalue weighted by Crippen LogP contribution is -2.22. The van der Waals surface area contributed by atoms with Gasteiger partial charge in [-0.25, -0.2) is 85.4 Å². The monoisotopic (exact) mass is 2120 g/mol. The summed E-state index contributed by atoms with van der Waals surface area (Å²) in [5.41, 5.74) is 13.6. The van der Waals surface area contributed by atoms with Gasteiger partial charge in [-0.15, -0.1) is 61.2 Å². The summed E-state index contributed by atoms with van der Waals surface area (Å²) in [6.07, 6.45) is 20.7. The number of anilines is 1. The number of nitrogens with one attached hydrogen (secondary N) is 6. The topological polar surface area (TPSA) is 680 Å². The van der Waals surface area contributed by atoms with Crippen molar-refractivity contribution >= 4 is 93.3 Å². The Kier molecular flexibility index (Phi) is 29.7. The number of sulfone groups is 6. The molecule has 19 aromatic rings. The van der Waals surface area contributed by atoms with Gasteiger partial charge < -0.3 is 4.90 Å². The number of carbonyl (C=O) groups excluding carboxylic acids is 1. The number of tetrazole rings is 6. The molecule has 16 heterocycles. The highest BCUT2D eigenvalue weighted by Gasteiger charge is 2.41.